The van der Waals surface area contributed by atoms with Gasteiger partial charge in [0, 0.05) is 30.6 Å². The first-order valence-corrected chi connectivity index (χ1v) is 11.4. The number of likely N-dealkylation sites (tertiary alicyclic amines) is 1. The first kappa shape index (κ1) is 20.1. The van der Waals surface area contributed by atoms with Crippen molar-refractivity contribution in [2.45, 2.75) is 64.8 Å². The first-order valence-electron chi connectivity index (χ1n) is 10.6. The minimum Gasteiger partial charge on any atom is -0.324 e. The molecule has 0 unspecified atom stereocenters. The Kier molecular flexibility index (Phi) is 5.99. The molecule has 1 N–H and O–H groups in total. The maximum absolute atomic E-state index is 12.6. The van der Waals surface area contributed by atoms with Gasteiger partial charge in [-0.2, -0.15) is 0 Å². The summed E-state index contributed by atoms with van der Waals surface area (Å²) in [6.07, 6.45) is 7.97. The van der Waals surface area contributed by atoms with Gasteiger partial charge in [0.2, 0.25) is 0 Å². The van der Waals surface area contributed by atoms with Crippen LogP contribution in [0.25, 0.3) is 0 Å². The lowest BCUT2D eigenvalue weighted by molar-refractivity contribution is 0.176. The van der Waals surface area contributed by atoms with Crippen LogP contribution in [0.3, 0.4) is 0 Å². The van der Waals surface area contributed by atoms with Crippen molar-refractivity contribution in [2.24, 2.45) is 5.92 Å². The number of rotatable bonds is 4. The van der Waals surface area contributed by atoms with Crippen LogP contribution in [0.15, 0.2) is 17.2 Å². The van der Waals surface area contributed by atoms with Crippen molar-refractivity contribution in [1.29, 1.82) is 0 Å². The van der Waals surface area contributed by atoms with Gasteiger partial charge in [-0.25, -0.2) is 14.8 Å². The van der Waals surface area contributed by atoms with Crippen LogP contribution in [-0.4, -0.2) is 38.6 Å². The first-order chi connectivity index (χ1) is 14.0. The number of aryl methyl sites for hydroxylation is 2. The van der Waals surface area contributed by atoms with Crippen molar-refractivity contribution in [3.8, 4) is 0 Å². The number of hydrogen-bond donors (Lipinski definition) is 1. The Morgan fingerprint density at radius 3 is 2.72 bits per heavy atom. The largest absolute Gasteiger partial charge is 0.324 e. The monoisotopic (exact) mass is 415 g/mol. The Hall–Kier alpha value is -2.22. The molecule has 1 saturated heterocycles. The van der Waals surface area contributed by atoms with E-state index in [1.165, 1.54) is 17.7 Å². The maximum Gasteiger partial charge on any atom is 0.323 e. The van der Waals surface area contributed by atoms with Gasteiger partial charge in [0.05, 0.1) is 17.7 Å². The fraction of sp³-hybridized carbons (Fsp3) is 0.619. The van der Waals surface area contributed by atoms with E-state index in [1.54, 1.807) is 28.3 Å². The Morgan fingerprint density at radius 1 is 1.28 bits per heavy atom. The number of nitrogens with zero attached hydrogens (tertiary/aromatic N) is 4. The standard InChI is InChI=1S/C21H29N5O2S/c1-14(2)17-11-19(27)26(13-22-17)12-15-7-9-25(10-8-15)21(28)24-20-23-16-5-3-4-6-18(16)29-20/h11,13-15H,3-10,12H2,1-2H3,(H,23,24,28). The molecule has 7 nitrogen and oxygen atoms in total. The summed E-state index contributed by atoms with van der Waals surface area (Å²) < 4.78 is 1.70. The molecule has 2 aliphatic rings. The molecular weight excluding hydrogens is 386 g/mol. The highest BCUT2D eigenvalue weighted by molar-refractivity contribution is 7.15. The summed E-state index contributed by atoms with van der Waals surface area (Å²) in [5.41, 5.74) is 2.01. The molecule has 0 spiro atoms. The third kappa shape index (κ3) is 4.69. The fourth-order valence-corrected chi connectivity index (χ4v) is 5.11. The Balaban J connectivity index is 1.29. The van der Waals surface area contributed by atoms with E-state index >= 15 is 0 Å². The van der Waals surface area contributed by atoms with Gasteiger partial charge in [-0.05, 0) is 50.4 Å². The van der Waals surface area contributed by atoms with Gasteiger partial charge < -0.3 is 4.90 Å². The van der Waals surface area contributed by atoms with E-state index in [1.807, 2.05) is 18.7 Å². The molecule has 0 saturated carbocycles. The average Bonchev–Trinajstić information content (AvgIpc) is 3.12. The van der Waals surface area contributed by atoms with Crippen molar-refractivity contribution < 1.29 is 4.79 Å². The summed E-state index contributed by atoms with van der Waals surface area (Å²) in [5.74, 6) is 0.637. The molecule has 0 bridgehead atoms. The van der Waals surface area contributed by atoms with Gasteiger partial charge >= 0.3 is 6.03 Å². The van der Waals surface area contributed by atoms with Crippen LogP contribution < -0.4 is 10.9 Å². The summed E-state index contributed by atoms with van der Waals surface area (Å²) in [4.78, 5) is 37.1. The van der Waals surface area contributed by atoms with Crippen LogP contribution in [0.1, 0.15) is 61.7 Å². The van der Waals surface area contributed by atoms with Crippen molar-refractivity contribution in [3.05, 3.63) is 39.0 Å². The van der Waals surface area contributed by atoms with Gasteiger partial charge in [0.15, 0.2) is 5.13 Å². The van der Waals surface area contributed by atoms with Gasteiger partial charge in [-0.3, -0.25) is 14.7 Å². The number of urea groups is 1. The number of amides is 2. The van der Waals surface area contributed by atoms with E-state index in [-0.39, 0.29) is 17.5 Å². The Bertz CT molecular complexity index is 904. The fourth-order valence-electron chi connectivity index (χ4n) is 4.07. The second kappa shape index (κ2) is 8.65. The number of aromatic nitrogens is 3. The maximum atomic E-state index is 12.6. The Morgan fingerprint density at radius 2 is 2.03 bits per heavy atom. The molecule has 1 aliphatic heterocycles. The van der Waals surface area contributed by atoms with Crippen LogP contribution in [0.4, 0.5) is 9.93 Å². The Labute approximate surface area is 175 Å². The zero-order valence-corrected chi connectivity index (χ0v) is 18.0. The summed E-state index contributed by atoms with van der Waals surface area (Å²) >= 11 is 1.62. The number of carbonyl (C=O) groups is 1. The topological polar surface area (TPSA) is 80.1 Å². The lowest BCUT2D eigenvalue weighted by Gasteiger charge is -2.32. The molecular formula is C21H29N5O2S. The van der Waals surface area contributed by atoms with E-state index in [0.29, 0.717) is 25.6 Å². The van der Waals surface area contributed by atoms with E-state index in [4.69, 9.17) is 0 Å². The lowest BCUT2D eigenvalue weighted by Crippen LogP contribution is -2.42. The average molecular weight is 416 g/mol. The molecule has 2 aromatic rings. The third-order valence-corrected chi connectivity index (χ3v) is 6.98. The summed E-state index contributed by atoms with van der Waals surface area (Å²) in [5, 5.41) is 3.72. The predicted molar refractivity (Wildman–Crippen MR) is 115 cm³/mol. The molecule has 0 radical (unpaired) electrons. The van der Waals surface area contributed by atoms with Gasteiger partial charge in [-0.15, -0.1) is 11.3 Å². The zero-order valence-electron chi connectivity index (χ0n) is 17.2. The predicted octanol–water partition coefficient (Wildman–Crippen LogP) is 3.65. The molecule has 2 aromatic heterocycles. The van der Waals surface area contributed by atoms with Gasteiger partial charge in [-0.1, -0.05) is 13.8 Å². The minimum absolute atomic E-state index is 0.0107. The molecule has 0 aromatic carbocycles. The summed E-state index contributed by atoms with van der Waals surface area (Å²) in [7, 11) is 0. The van der Waals surface area contributed by atoms with Crippen LogP contribution in [0, 0.1) is 5.92 Å². The molecule has 2 amide bonds. The SMILES string of the molecule is CC(C)c1cc(=O)n(CC2CCN(C(=O)Nc3nc4c(s3)CCCC4)CC2)cn1. The molecule has 3 heterocycles. The second-order valence-electron chi connectivity index (χ2n) is 8.42. The highest BCUT2D eigenvalue weighted by Crippen LogP contribution is 2.30. The number of anilines is 1. The van der Waals surface area contributed by atoms with Crippen molar-refractivity contribution in [2.75, 3.05) is 18.4 Å². The van der Waals surface area contributed by atoms with Crippen LogP contribution >= 0.6 is 11.3 Å². The van der Waals surface area contributed by atoms with Crippen molar-refractivity contribution >= 4 is 22.5 Å². The van der Waals surface area contributed by atoms with Crippen LogP contribution in [0.5, 0.6) is 0 Å². The zero-order chi connectivity index (χ0) is 20.4. The van der Waals surface area contributed by atoms with Crippen LogP contribution in [0.2, 0.25) is 0 Å². The number of nitrogens with one attached hydrogen (secondary N) is 1. The molecule has 4 rings (SSSR count). The van der Waals surface area contributed by atoms with Crippen LogP contribution in [-0.2, 0) is 19.4 Å². The number of piperidine rings is 1. The van der Waals surface area contributed by atoms with Crippen molar-refractivity contribution in [1.82, 2.24) is 19.4 Å². The van der Waals surface area contributed by atoms with Gasteiger partial charge in [0.25, 0.3) is 5.56 Å². The highest BCUT2D eigenvalue weighted by atomic mass is 32.1. The third-order valence-electron chi connectivity index (χ3n) is 5.91. The van der Waals surface area contributed by atoms with Crippen molar-refractivity contribution in [3.63, 3.8) is 0 Å². The summed E-state index contributed by atoms with van der Waals surface area (Å²) in [6, 6.07) is 1.58. The number of fused-ring (bicyclic) bond motifs is 1. The number of carbonyl (C=O) groups excluding carboxylic acids is 1. The van der Waals surface area contributed by atoms with E-state index in [0.717, 1.165) is 42.2 Å². The lowest BCUT2D eigenvalue weighted by atomic mass is 9.97. The molecule has 1 fully saturated rings. The normalized spacial score (nSPS) is 17.4. The quantitative estimate of drug-likeness (QED) is 0.827. The van der Waals surface area contributed by atoms with E-state index < -0.39 is 0 Å². The number of thiazole rings is 1. The van der Waals surface area contributed by atoms with E-state index in [2.05, 4.69) is 15.3 Å². The molecule has 1 aliphatic carbocycles. The minimum atomic E-state index is -0.0605. The van der Waals surface area contributed by atoms with Gasteiger partial charge in [0.1, 0.15) is 0 Å². The second-order valence-corrected chi connectivity index (χ2v) is 9.50. The molecule has 29 heavy (non-hydrogen) atoms. The molecule has 8 heteroatoms. The molecule has 156 valence electrons. The number of hydrogen-bond acceptors (Lipinski definition) is 5. The molecule has 0 atom stereocenters. The highest BCUT2D eigenvalue weighted by Gasteiger charge is 2.25. The smallest absolute Gasteiger partial charge is 0.323 e. The van der Waals surface area contributed by atoms with E-state index in [9.17, 15) is 9.59 Å². The summed E-state index contributed by atoms with van der Waals surface area (Å²) in [6.45, 7) is 6.14.